The molecule has 39 nitrogen and oxygen atoms in total. The van der Waals surface area contributed by atoms with E-state index in [1.807, 2.05) is 162 Å². The molecule has 0 spiro atoms. The highest BCUT2D eigenvalue weighted by Gasteiger charge is 2.36. The lowest BCUT2D eigenvalue weighted by Gasteiger charge is -2.40. The van der Waals surface area contributed by atoms with Crippen molar-refractivity contribution in [3.05, 3.63) is 195 Å². The Hall–Kier alpha value is -16.4. The molecule has 20 rings (SSSR count). The van der Waals surface area contributed by atoms with Gasteiger partial charge in [-0.2, -0.15) is 61.8 Å². The van der Waals surface area contributed by atoms with E-state index in [2.05, 4.69) is 121 Å². The fraction of sp³-hybridized carbons (Fsp3) is 0.361. The van der Waals surface area contributed by atoms with Crippen LogP contribution in [0.4, 0.5) is 32.9 Å². The van der Waals surface area contributed by atoms with Gasteiger partial charge in [0.2, 0.25) is 0 Å². The Morgan fingerprint density at radius 1 is 0.397 bits per heavy atom. The zero-order chi connectivity index (χ0) is 95.5. The molecule has 16 aromatic rings. The highest BCUT2D eigenvalue weighted by Crippen LogP contribution is 2.39. The van der Waals surface area contributed by atoms with E-state index in [9.17, 15) is 30.6 Å². The van der Waals surface area contributed by atoms with Crippen LogP contribution in [0.25, 0.3) is 112 Å². The second kappa shape index (κ2) is 38.0. The van der Waals surface area contributed by atoms with Gasteiger partial charge >= 0.3 is 12.2 Å². The van der Waals surface area contributed by atoms with E-state index in [1.54, 1.807) is 117 Å². The molecule has 136 heavy (non-hydrogen) atoms. The predicted octanol–water partition coefficient (Wildman–Crippen LogP) is 13.2. The molecule has 16 aromatic heterocycles. The van der Waals surface area contributed by atoms with Gasteiger partial charge in [0.15, 0.2) is 0 Å². The van der Waals surface area contributed by atoms with Crippen molar-refractivity contribution in [2.75, 3.05) is 72.0 Å². The molecular weight excluding hydrogens is 1720 g/mol. The average Bonchev–Trinajstić information content (AvgIpc) is 1.60. The van der Waals surface area contributed by atoms with Gasteiger partial charge in [-0.05, 0) is 154 Å². The summed E-state index contributed by atoms with van der Waals surface area (Å²) < 4.78 is 24.4. The van der Waals surface area contributed by atoms with Crippen LogP contribution in [0.3, 0.4) is 0 Å². The largest absolute Gasteiger partial charge is 0.447 e. The fourth-order valence-electron chi connectivity index (χ4n) is 17.1. The first-order valence-corrected chi connectivity index (χ1v) is 45.0. The number of nitriles is 4. The molecule has 0 radical (unpaired) electrons. The van der Waals surface area contributed by atoms with Gasteiger partial charge in [0.05, 0.1) is 126 Å². The Balaban J connectivity index is 0.000000126. The SMILES string of the molecule is CC(C)OC(=O)NC1(C)CCN(c2ccc(-c3nc(-c4cnn(C)c4)cn4ncc(C#N)c34)cn2)CC1.Cn1cc(-c2cn3ncc(C#N)c3c(-c3ccc(N4CCC(C)(C)CC4)nc3)n2)cn1.Cn1cc(-c2cn3ncc(C#N)c3c(-c3ccc(N4CCC(C)(NC(=O)OC(C)(C)C)CC4)nc3)n2)cn1.Cn1cc(-c2cn3ncc(C#N)c3c(-c3ccc(N4CCC[C@H](N)C4)nc3)n2)cn1. The number of aryl methyl sites for hydroxylation is 4. The number of fused-ring (bicyclic) bond motifs is 4. The topological polar surface area (TPSA) is 454 Å². The van der Waals surface area contributed by atoms with E-state index in [4.69, 9.17) is 50.1 Å². The molecule has 0 saturated carbocycles. The maximum absolute atomic E-state index is 12.3. The zero-order valence-corrected chi connectivity index (χ0v) is 78.2. The van der Waals surface area contributed by atoms with E-state index >= 15 is 0 Å². The maximum atomic E-state index is 12.3. The zero-order valence-electron chi connectivity index (χ0n) is 78.2. The van der Waals surface area contributed by atoms with Gasteiger partial charge in [-0.3, -0.25) is 18.7 Å². The lowest BCUT2D eigenvalue weighted by Crippen LogP contribution is -2.54. The van der Waals surface area contributed by atoms with E-state index in [0.29, 0.717) is 83.9 Å². The van der Waals surface area contributed by atoms with Gasteiger partial charge in [-0.1, -0.05) is 13.8 Å². The van der Waals surface area contributed by atoms with Gasteiger partial charge < -0.3 is 45.4 Å². The Morgan fingerprint density at radius 2 is 0.691 bits per heavy atom. The van der Waals surface area contributed by atoms with E-state index < -0.39 is 5.60 Å². The minimum absolute atomic E-state index is 0.154. The van der Waals surface area contributed by atoms with E-state index in [1.165, 1.54) is 0 Å². The van der Waals surface area contributed by atoms with Gasteiger partial charge in [-0.15, -0.1) is 0 Å². The third-order valence-corrected chi connectivity index (χ3v) is 24.7. The van der Waals surface area contributed by atoms with Crippen LogP contribution in [-0.2, 0) is 37.7 Å². The monoisotopic (exact) mass is 1820 g/mol. The van der Waals surface area contributed by atoms with Gasteiger partial charge in [0.25, 0.3) is 0 Å². The van der Waals surface area contributed by atoms with Crippen molar-refractivity contribution < 1.29 is 19.1 Å². The molecule has 4 aliphatic rings. The van der Waals surface area contributed by atoms with Crippen LogP contribution in [0.5, 0.6) is 0 Å². The van der Waals surface area contributed by atoms with Gasteiger partial charge in [0.1, 0.15) is 97.5 Å². The summed E-state index contributed by atoms with van der Waals surface area (Å²) in [5.74, 6) is 3.58. The molecule has 4 fully saturated rings. The number of aromatic nitrogens is 24. The smallest absolute Gasteiger partial charge is 0.408 e. The number of carbonyl (C=O) groups is 2. The normalized spacial score (nSPS) is 15.7. The number of nitrogens with one attached hydrogen (secondary N) is 2. The number of anilines is 4. The third-order valence-electron chi connectivity index (χ3n) is 24.7. The van der Waals surface area contributed by atoms with Crippen molar-refractivity contribution in [1.82, 2.24) is 128 Å². The second-order valence-electron chi connectivity index (χ2n) is 37.3. The lowest BCUT2D eigenvalue weighted by atomic mass is 9.83. The van der Waals surface area contributed by atoms with Crippen LogP contribution in [0.1, 0.15) is 136 Å². The van der Waals surface area contributed by atoms with Crippen molar-refractivity contribution in [3.8, 4) is 114 Å². The summed E-state index contributed by atoms with van der Waals surface area (Å²) in [5, 5.41) is 78.9. The molecule has 1 atom stereocenters. The summed E-state index contributed by atoms with van der Waals surface area (Å²) in [5.41, 5.74) is 22.0. The first-order chi connectivity index (χ1) is 65.3. The minimum atomic E-state index is -0.532. The van der Waals surface area contributed by atoms with Crippen LogP contribution in [-0.4, -0.2) is 211 Å². The maximum Gasteiger partial charge on any atom is 0.408 e. The van der Waals surface area contributed by atoms with E-state index in [-0.39, 0.29) is 35.4 Å². The summed E-state index contributed by atoms with van der Waals surface area (Å²) in [6.45, 7) is 24.8. The van der Waals surface area contributed by atoms with Gasteiger partial charge in [0, 0.05) is 192 Å². The quantitative estimate of drug-likeness (QED) is 0.0858. The van der Waals surface area contributed by atoms with Crippen LogP contribution < -0.4 is 36.0 Å². The number of nitrogens with two attached hydrogens (primary N) is 1. The highest BCUT2D eigenvalue weighted by atomic mass is 16.6. The van der Waals surface area contributed by atoms with Crippen molar-refractivity contribution in [2.24, 2.45) is 39.3 Å². The highest BCUT2D eigenvalue weighted by molar-refractivity contribution is 5.87. The molecular formula is C97H105N35O4. The Kier molecular flexibility index (Phi) is 25.6. The summed E-state index contributed by atoms with van der Waals surface area (Å²) in [6.07, 6.45) is 41.9. The Morgan fingerprint density at radius 3 is 0.949 bits per heavy atom. The predicted molar refractivity (Wildman–Crippen MR) is 511 cm³/mol. The van der Waals surface area contributed by atoms with Crippen LogP contribution in [0.15, 0.2) is 172 Å². The number of ether oxygens (including phenoxy) is 2. The van der Waals surface area contributed by atoms with Crippen molar-refractivity contribution in [1.29, 1.82) is 21.0 Å². The van der Waals surface area contributed by atoms with Crippen molar-refractivity contribution in [3.63, 3.8) is 0 Å². The average molecular weight is 1830 g/mol. The number of amides is 2. The molecule has 0 bridgehead atoms. The molecule has 0 unspecified atom stereocenters. The second-order valence-corrected chi connectivity index (χ2v) is 37.3. The standard InChI is InChI=1S/C27H31N9O2.C26H29N9O2.C23H24N8.C21H21N9/c1-26(2,3)38-25(37)33-27(4)8-10-35(11-9-27)22-7-6-18(13-29-22)23-24-19(12-28)14-31-36(24)17-21(32-23)20-15-30-34(5)16-20;1-17(2)37-25(36)32-26(3)7-9-34(10-8-26)22-6-5-18(12-28-22)23-24-19(11-27)13-30-35(24)16-21(31-23)20-14-29-33(4)15-20;1-23(2)6-8-30(9-7-23)20-5-4-16(11-25-20)21-22-17(10-24)12-27-31(22)15-19(28-21)18-13-26-29(3)14-18;1-28-11-16(10-25-28)18-13-30-21(15(7-22)9-26-30)20(27-18)14-4-5-19(24-8-14)29-6-2-3-17(23)12-29/h6-7,13-17H,8-11H2,1-5H3,(H,33,37);5-6,12-17H,7-10H2,1-4H3,(H,32,36);4-5,11-15H,6-9H2,1-3H3;4-5,8-11,13,17H,2-3,6,12,23H2,1H3/t;;;17-/m...0/s1. The minimum Gasteiger partial charge on any atom is -0.447 e. The fourth-order valence-corrected chi connectivity index (χ4v) is 17.1. The van der Waals surface area contributed by atoms with E-state index in [0.717, 1.165) is 183 Å². The molecule has 692 valence electrons. The molecule has 39 heteroatoms. The molecule has 4 N–H and O–H groups in total. The first-order valence-electron chi connectivity index (χ1n) is 45.0. The Labute approximate surface area is 784 Å². The number of hydrogen-bond donors (Lipinski definition) is 3. The first kappa shape index (κ1) is 91.5. The number of piperidine rings is 4. The summed E-state index contributed by atoms with van der Waals surface area (Å²) in [7, 11) is 7.43. The summed E-state index contributed by atoms with van der Waals surface area (Å²) >= 11 is 0. The molecule has 0 aromatic carbocycles. The van der Waals surface area contributed by atoms with Crippen molar-refractivity contribution in [2.45, 2.75) is 143 Å². The molecule has 0 aliphatic carbocycles. The molecule has 2 amide bonds. The molecule has 4 aliphatic heterocycles. The van der Waals surface area contributed by atoms with Crippen molar-refractivity contribution >= 4 is 57.5 Å². The van der Waals surface area contributed by atoms with Gasteiger partial charge in [-0.25, -0.2) is 67.5 Å². The third kappa shape index (κ3) is 20.3. The summed E-state index contributed by atoms with van der Waals surface area (Å²) in [6, 6.07) is 25.0. The van der Waals surface area contributed by atoms with Crippen LogP contribution >= 0.6 is 0 Å². The van der Waals surface area contributed by atoms with Crippen LogP contribution in [0, 0.1) is 50.7 Å². The lowest BCUT2D eigenvalue weighted by molar-refractivity contribution is 0.0447. The molecule has 4 saturated heterocycles. The number of hydrogen-bond acceptors (Lipinski definition) is 29. The number of carbonyl (C=O) groups excluding carboxylic acids is 2. The number of nitrogens with zero attached hydrogens (tertiary/aromatic N) is 32. The van der Waals surface area contributed by atoms with Crippen LogP contribution in [0.2, 0.25) is 0 Å². The number of rotatable bonds is 15. The number of alkyl carbamates (subject to hydrolysis) is 2. The molecule has 20 heterocycles. The Bertz CT molecular complexity index is 7230. The number of pyridine rings is 4. The summed E-state index contributed by atoms with van der Waals surface area (Å²) in [4.78, 5) is 71.7.